The molecule has 0 amide bonds. The number of hydrogen-bond donors (Lipinski definition) is 1. The normalized spacial score (nSPS) is 19.4. The summed E-state index contributed by atoms with van der Waals surface area (Å²) in [6, 6.07) is 9.23. The highest BCUT2D eigenvalue weighted by Crippen LogP contribution is 2.29. The van der Waals surface area contributed by atoms with Crippen molar-refractivity contribution in [2.75, 3.05) is 19.6 Å². The Morgan fingerprint density at radius 1 is 1.17 bits per heavy atom. The first-order valence-electron chi connectivity index (χ1n) is 7.64. The second kappa shape index (κ2) is 6.58. The predicted molar refractivity (Wildman–Crippen MR) is 87.0 cm³/mol. The molecule has 1 saturated heterocycles. The number of sulfonamides is 1. The van der Waals surface area contributed by atoms with E-state index >= 15 is 0 Å². The van der Waals surface area contributed by atoms with Gasteiger partial charge in [0, 0.05) is 19.6 Å². The van der Waals surface area contributed by atoms with Crippen LogP contribution < -0.4 is 5.32 Å². The van der Waals surface area contributed by atoms with E-state index in [1.807, 2.05) is 0 Å². The number of rotatable bonds is 3. The number of benzene rings is 2. The van der Waals surface area contributed by atoms with Crippen molar-refractivity contribution < 1.29 is 17.2 Å². The van der Waals surface area contributed by atoms with Crippen LogP contribution in [-0.4, -0.2) is 32.4 Å². The average molecular weight is 352 g/mol. The Morgan fingerprint density at radius 3 is 2.67 bits per heavy atom. The lowest BCUT2D eigenvalue weighted by Crippen LogP contribution is -2.48. The van der Waals surface area contributed by atoms with Crippen LogP contribution in [0.2, 0.25) is 0 Å². The summed E-state index contributed by atoms with van der Waals surface area (Å²) in [7, 11) is -3.88. The molecular weight excluding hydrogens is 334 g/mol. The molecule has 0 bridgehead atoms. The van der Waals surface area contributed by atoms with Crippen molar-refractivity contribution in [3.8, 4) is 0 Å². The quantitative estimate of drug-likeness (QED) is 0.924. The van der Waals surface area contributed by atoms with Crippen molar-refractivity contribution in [3.05, 3.63) is 65.2 Å². The molecule has 1 unspecified atom stereocenters. The summed E-state index contributed by atoms with van der Waals surface area (Å²) in [6.45, 7) is 2.67. The van der Waals surface area contributed by atoms with E-state index in [9.17, 15) is 17.2 Å². The summed E-state index contributed by atoms with van der Waals surface area (Å²) in [5.74, 6) is -0.981. The van der Waals surface area contributed by atoms with Gasteiger partial charge in [0.2, 0.25) is 10.0 Å². The van der Waals surface area contributed by atoms with Crippen LogP contribution in [0.1, 0.15) is 17.2 Å². The van der Waals surface area contributed by atoms with E-state index in [1.54, 1.807) is 19.1 Å². The van der Waals surface area contributed by atoms with E-state index < -0.39 is 27.7 Å². The smallest absolute Gasteiger partial charge is 0.243 e. The van der Waals surface area contributed by atoms with Gasteiger partial charge in [0.25, 0.3) is 0 Å². The molecule has 1 N–H and O–H groups in total. The van der Waals surface area contributed by atoms with Gasteiger partial charge in [-0.2, -0.15) is 4.31 Å². The van der Waals surface area contributed by atoms with Gasteiger partial charge < -0.3 is 5.32 Å². The molecule has 0 radical (unpaired) electrons. The molecule has 1 atom stereocenters. The number of halogens is 2. The van der Waals surface area contributed by atoms with Crippen LogP contribution in [0.25, 0.3) is 0 Å². The largest absolute Gasteiger partial charge is 0.313 e. The van der Waals surface area contributed by atoms with Gasteiger partial charge in [-0.3, -0.25) is 0 Å². The third kappa shape index (κ3) is 3.19. The van der Waals surface area contributed by atoms with Gasteiger partial charge in [0.15, 0.2) is 0 Å². The van der Waals surface area contributed by atoms with E-state index in [0.29, 0.717) is 24.2 Å². The first-order valence-corrected chi connectivity index (χ1v) is 9.08. The lowest BCUT2D eigenvalue weighted by molar-refractivity contribution is 0.271. The minimum atomic E-state index is -3.88. The van der Waals surface area contributed by atoms with E-state index in [1.165, 1.54) is 28.6 Å². The lowest BCUT2D eigenvalue weighted by Gasteiger charge is -2.35. The molecule has 1 fully saturated rings. The van der Waals surface area contributed by atoms with E-state index in [-0.39, 0.29) is 11.4 Å². The monoisotopic (exact) mass is 352 g/mol. The summed E-state index contributed by atoms with van der Waals surface area (Å²) in [5.41, 5.74) is 0.953. The van der Waals surface area contributed by atoms with Gasteiger partial charge in [0.1, 0.15) is 11.6 Å². The van der Waals surface area contributed by atoms with Gasteiger partial charge in [-0.05, 0) is 42.3 Å². The van der Waals surface area contributed by atoms with E-state index in [2.05, 4.69) is 5.32 Å². The highest BCUT2D eigenvalue weighted by atomic mass is 32.2. The van der Waals surface area contributed by atoms with Crippen molar-refractivity contribution in [3.63, 3.8) is 0 Å². The van der Waals surface area contributed by atoms with Gasteiger partial charge >= 0.3 is 0 Å². The summed E-state index contributed by atoms with van der Waals surface area (Å²) >= 11 is 0. The van der Waals surface area contributed by atoms with Crippen LogP contribution in [0.3, 0.4) is 0 Å². The Balaban J connectivity index is 2.01. The maximum atomic E-state index is 13.8. The van der Waals surface area contributed by atoms with Crippen LogP contribution in [0.5, 0.6) is 0 Å². The fraction of sp³-hybridized carbons (Fsp3) is 0.294. The van der Waals surface area contributed by atoms with Crippen molar-refractivity contribution in [2.45, 2.75) is 17.9 Å². The fourth-order valence-electron chi connectivity index (χ4n) is 2.84. The SMILES string of the molecule is Cc1ccc(S(=O)(=O)N2CCNCC2c2cccc(F)c2)cc1F. The van der Waals surface area contributed by atoms with Gasteiger partial charge in [0.05, 0.1) is 10.9 Å². The van der Waals surface area contributed by atoms with Crippen LogP contribution in [0.4, 0.5) is 8.78 Å². The molecule has 4 nitrogen and oxygen atoms in total. The standard InChI is InChI=1S/C17H18F2N2O2S/c1-12-5-6-15(10-16(12)19)24(22,23)21-8-7-20-11-17(21)13-3-2-4-14(18)9-13/h2-6,9-10,17,20H,7-8,11H2,1H3. The minimum Gasteiger partial charge on any atom is -0.313 e. The maximum Gasteiger partial charge on any atom is 0.243 e. The highest BCUT2D eigenvalue weighted by molar-refractivity contribution is 7.89. The van der Waals surface area contributed by atoms with Gasteiger partial charge in [-0.15, -0.1) is 0 Å². The van der Waals surface area contributed by atoms with Crippen LogP contribution in [0, 0.1) is 18.6 Å². The molecule has 3 rings (SSSR count). The predicted octanol–water partition coefficient (Wildman–Crippen LogP) is 2.61. The third-order valence-electron chi connectivity index (χ3n) is 4.18. The first-order chi connectivity index (χ1) is 11.4. The Morgan fingerprint density at radius 2 is 1.96 bits per heavy atom. The molecule has 0 spiro atoms. The third-order valence-corrected chi connectivity index (χ3v) is 6.08. The summed E-state index contributed by atoms with van der Waals surface area (Å²) in [5, 5.41) is 3.12. The number of hydrogen-bond acceptors (Lipinski definition) is 3. The van der Waals surface area contributed by atoms with Crippen molar-refractivity contribution in [2.24, 2.45) is 0 Å². The fourth-order valence-corrected chi connectivity index (χ4v) is 4.47. The maximum absolute atomic E-state index is 13.8. The number of nitrogens with zero attached hydrogens (tertiary/aromatic N) is 1. The van der Waals surface area contributed by atoms with Crippen molar-refractivity contribution in [1.82, 2.24) is 9.62 Å². The van der Waals surface area contributed by atoms with E-state index in [0.717, 1.165) is 6.07 Å². The zero-order valence-electron chi connectivity index (χ0n) is 13.2. The van der Waals surface area contributed by atoms with Gasteiger partial charge in [-0.25, -0.2) is 17.2 Å². The van der Waals surface area contributed by atoms with Gasteiger partial charge in [-0.1, -0.05) is 18.2 Å². The Bertz CT molecular complexity index is 855. The first kappa shape index (κ1) is 17.0. The molecule has 7 heteroatoms. The minimum absolute atomic E-state index is 0.0890. The Labute approximate surface area is 140 Å². The molecule has 2 aromatic rings. The number of nitrogens with one attached hydrogen (secondary N) is 1. The number of piperazine rings is 1. The molecule has 24 heavy (non-hydrogen) atoms. The zero-order valence-corrected chi connectivity index (χ0v) is 14.0. The van der Waals surface area contributed by atoms with E-state index in [4.69, 9.17) is 0 Å². The Kier molecular flexibility index (Phi) is 4.67. The van der Waals surface area contributed by atoms with Crippen LogP contribution in [0.15, 0.2) is 47.4 Å². The molecule has 1 aliphatic rings. The lowest BCUT2D eigenvalue weighted by atomic mass is 10.1. The van der Waals surface area contributed by atoms with Crippen LogP contribution >= 0.6 is 0 Å². The molecule has 2 aromatic carbocycles. The molecule has 1 aliphatic heterocycles. The molecule has 0 saturated carbocycles. The molecule has 0 aromatic heterocycles. The van der Waals surface area contributed by atoms with Crippen molar-refractivity contribution >= 4 is 10.0 Å². The summed E-state index contributed by atoms with van der Waals surface area (Å²) < 4.78 is 54.6. The summed E-state index contributed by atoms with van der Waals surface area (Å²) in [6.07, 6.45) is 0. The molecular formula is C17H18F2N2O2S. The zero-order chi connectivity index (χ0) is 17.3. The molecule has 1 heterocycles. The summed E-state index contributed by atoms with van der Waals surface area (Å²) in [4.78, 5) is -0.0890. The Hall–Kier alpha value is -1.83. The molecule has 128 valence electrons. The molecule has 0 aliphatic carbocycles. The van der Waals surface area contributed by atoms with Crippen LogP contribution in [-0.2, 0) is 10.0 Å². The average Bonchev–Trinajstić information content (AvgIpc) is 2.57. The number of aryl methyl sites for hydroxylation is 1. The highest BCUT2D eigenvalue weighted by Gasteiger charge is 2.34. The topological polar surface area (TPSA) is 49.4 Å². The second-order valence-corrected chi connectivity index (χ2v) is 7.69. The van der Waals surface area contributed by atoms with Crippen molar-refractivity contribution in [1.29, 1.82) is 0 Å². The second-order valence-electron chi connectivity index (χ2n) is 5.80.